The van der Waals surface area contributed by atoms with Gasteiger partial charge in [0.25, 0.3) is 0 Å². The number of carbonyl (C=O) groups excluding carboxylic acids is 1. The van der Waals surface area contributed by atoms with E-state index in [4.69, 9.17) is 5.73 Å². The molecule has 1 saturated heterocycles. The van der Waals surface area contributed by atoms with Crippen molar-refractivity contribution in [3.05, 3.63) is 64.3 Å². The number of rotatable bonds is 5. The van der Waals surface area contributed by atoms with E-state index in [9.17, 15) is 22.4 Å². The summed E-state index contributed by atoms with van der Waals surface area (Å²) in [6.45, 7) is 3.81. The zero-order chi connectivity index (χ0) is 23.8. The number of nitrogens with two attached hydrogens (primary N) is 1. The number of nitrogen functional groups attached to an aromatic ring is 1. The van der Waals surface area contributed by atoms with Gasteiger partial charge in [-0.2, -0.15) is 13.2 Å². The first kappa shape index (κ1) is 23.0. The van der Waals surface area contributed by atoms with Crippen molar-refractivity contribution in [2.45, 2.75) is 6.18 Å². The van der Waals surface area contributed by atoms with Crippen LogP contribution in [0.2, 0.25) is 0 Å². The molecular weight excluding hydrogens is 458 g/mol. The van der Waals surface area contributed by atoms with Gasteiger partial charge in [0.2, 0.25) is 5.78 Å². The topological polar surface area (TPSA) is 74.5 Å². The summed E-state index contributed by atoms with van der Waals surface area (Å²) in [5, 5.41) is 3.22. The van der Waals surface area contributed by atoms with E-state index in [1.165, 1.54) is 0 Å². The Kier molecular flexibility index (Phi) is 6.26. The zero-order valence-corrected chi connectivity index (χ0v) is 18.4. The van der Waals surface area contributed by atoms with Crippen LogP contribution in [0.3, 0.4) is 0 Å². The standard InChI is InChI=1S/C22H21F4N5OS/c1-30-9-11-31(12-10-30)14-7-5-13(6-8-14)28-21-29-20(27)19(33-21)18(32)17-15(22(24,25)26)3-2-4-16(17)23/h2-8H,9-12,27H2,1H3,(H,28,29). The maximum absolute atomic E-state index is 14.2. The molecule has 4 rings (SSSR count). The second-order valence-corrected chi connectivity index (χ2v) is 8.68. The van der Waals surface area contributed by atoms with Gasteiger partial charge in [-0.15, -0.1) is 0 Å². The third kappa shape index (κ3) is 4.93. The SMILES string of the molecule is CN1CCN(c2ccc(Nc3nc(N)c(C(=O)c4c(F)cccc4C(F)(F)F)s3)cc2)CC1. The molecule has 1 aliphatic heterocycles. The van der Waals surface area contributed by atoms with Crippen LogP contribution in [0.1, 0.15) is 20.8 Å². The highest BCUT2D eigenvalue weighted by atomic mass is 32.1. The van der Waals surface area contributed by atoms with Gasteiger partial charge in [0.1, 0.15) is 16.5 Å². The summed E-state index contributed by atoms with van der Waals surface area (Å²) in [4.78, 5) is 21.1. The molecule has 2 heterocycles. The van der Waals surface area contributed by atoms with Crippen LogP contribution in [-0.4, -0.2) is 48.9 Å². The molecule has 0 spiro atoms. The molecule has 11 heteroatoms. The van der Waals surface area contributed by atoms with Gasteiger partial charge < -0.3 is 20.9 Å². The highest BCUT2D eigenvalue weighted by Crippen LogP contribution is 2.37. The number of alkyl halides is 3. The van der Waals surface area contributed by atoms with E-state index in [1.807, 2.05) is 24.3 Å². The molecule has 0 amide bonds. The number of nitrogens with zero attached hydrogens (tertiary/aromatic N) is 3. The Morgan fingerprint density at radius 3 is 2.39 bits per heavy atom. The molecule has 1 aromatic heterocycles. The number of likely N-dealkylation sites (N-methyl/N-ethyl adjacent to an activating group) is 1. The van der Waals surface area contributed by atoms with Gasteiger partial charge in [-0.3, -0.25) is 4.79 Å². The number of thiazole rings is 1. The second-order valence-electron chi connectivity index (χ2n) is 7.68. The highest BCUT2D eigenvalue weighted by molar-refractivity contribution is 7.18. The molecule has 1 fully saturated rings. The Balaban J connectivity index is 1.53. The lowest BCUT2D eigenvalue weighted by molar-refractivity contribution is -0.138. The van der Waals surface area contributed by atoms with Crippen LogP contribution in [0.25, 0.3) is 0 Å². The average Bonchev–Trinajstić information content (AvgIpc) is 3.13. The van der Waals surface area contributed by atoms with Gasteiger partial charge in [-0.05, 0) is 43.4 Å². The molecule has 0 aliphatic carbocycles. The predicted octanol–water partition coefficient (Wildman–Crippen LogP) is 4.61. The van der Waals surface area contributed by atoms with Crippen LogP contribution < -0.4 is 16.0 Å². The lowest BCUT2D eigenvalue weighted by Gasteiger charge is -2.34. The molecule has 0 unspecified atom stereocenters. The van der Waals surface area contributed by atoms with Crippen LogP contribution in [0.5, 0.6) is 0 Å². The number of piperazine rings is 1. The zero-order valence-electron chi connectivity index (χ0n) is 17.6. The van der Waals surface area contributed by atoms with Crippen LogP contribution in [0, 0.1) is 5.82 Å². The minimum atomic E-state index is -4.89. The summed E-state index contributed by atoms with van der Waals surface area (Å²) in [5.41, 5.74) is 5.12. The molecule has 0 atom stereocenters. The van der Waals surface area contributed by atoms with E-state index in [0.717, 1.165) is 55.3 Å². The summed E-state index contributed by atoms with van der Waals surface area (Å²) in [5.74, 6) is -2.69. The summed E-state index contributed by atoms with van der Waals surface area (Å²) >= 11 is 0.771. The Bertz CT molecular complexity index is 1150. The summed E-state index contributed by atoms with van der Waals surface area (Å²) < 4.78 is 54.1. The van der Waals surface area contributed by atoms with Crippen molar-refractivity contribution in [2.75, 3.05) is 49.2 Å². The lowest BCUT2D eigenvalue weighted by Crippen LogP contribution is -2.44. The van der Waals surface area contributed by atoms with Gasteiger partial charge in [0.05, 0.1) is 11.1 Å². The number of hydrogen-bond donors (Lipinski definition) is 2. The lowest BCUT2D eigenvalue weighted by atomic mass is 10.0. The molecule has 174 valence electrons. The Labute approximate surface area is 191 Å². The Morgan fingerprint density at radius 2 is 1.76 bits per heavy atom. The van der Waals surface area contributed by atoms with Crippen molar-refractivity contribution in [3.63, 3.8) is 0 Å². The fourth-order valence-corrected chi connectivity index (χ4v) is 4.45. The van der Waals surface area contributed by atoms with Crippen LogP contribution in [0.15, 0.2) is 42.5 Å². The quantitative estimate of drug-likeness (QED) is 0.411. The van der Waals surface area contributed by atoms with Crippen molar-refractivity contribution in [3.8, 4) is 0 Å². The fraction of sp³-hybridized carbons (Fsp3) is 0.273. The smallest absolute Gasteiger partial charge is 0.382 e. The monoisotopic (exact) mass is 479 g/mol. The molecule has 0 saturated carbocycles. The fourth-order valence-electron chi connectivity index (χ4n) is 3.60. The summed E-state index contributed by atoms with van der Waals surface area (Å²) in [6.07, 6.45) is -4.89. The number of halogens is 4. The molecule has 3 aromatic rings. The first-order chi connectivity index (χ1) is 15.6. The van der Waals surface area contributed by atoms with E-state index in [0.29, 0.717) is 11.8 Å². The largest absolute Gasteiger partial charge is 0.417 e. The van der Waals surface area contributed by atoms with Gasteiger partial charge >= 0.3 is 6.18 Å². The number of ketones is 1. The summed E-state index contributed by atoms with van der Waals surface area (Å²) in [6, 6.07) is 9.95. The van der Waals surface area contributed by atoms with Crippen molar-refractivity contribution < 1.29 is 22.4 Å². The van der Waals surface area contributed by atoms with Crippen LogP contribution in [-0.2, 0) is 6.18 Å². The molecule has 2 aromatic carbocycles. The molecule has 1 aliphatic rings. The average molecular weight is 480 g/mol. The number of benzene rings is 2. The van der Waals surface area contributed by atoms with Crippen molar-refractivity contribution >= 4 is 39.4 Å². The van der Waals surface area contributed by atoms with Crippen LogP contribution in [0.4, 0.5) is 39.9 Å². The van der Waals surface area contributed by atoms with Gasteiger partial charge in [-0.1, -0.05) is 17.4 Å². The molecule has 0 bridgehead atoms. The van der Waals surface area contributed by atoms with Crippen molar-refractivity contribution in [1.82, 2.24) is 9.88 Å². The van der Waals surface area contributed by atoms with E-state index >= 15 is 0 Å². The first-order valence-corrected chi connectivity index (χ1v) is 10.9. The van der Waals surface area contributed by atoms with Crippen molar-refractivity contribution in [2.24, 2.45) is 0 Å². The minimum Gasteiger partial charge on any atom is -0.382 e. The Morgan fingerprint density at radius 1 is 1.09 bits per heavy atom. The van der Waals surface area contributed by atoms with Crippen LogP contribution >= 0.6 is 11.3 Å². The number of hydrogen-bond acceptors (Lipinski definition) is 7. The Hall–Kier alpha value is -3.18. The minimum absolute atomic E-state index is 0.216. The second kappa shape index (κ2) is 8.99. The normalized spacial score (nSPS) is 15.0. The number of anilines is 4. The number of nitrogens with one attached hydrogen (secondary N) is 1. The van der Waals surface area contributed by atoms with E-state index in [1.54, 1.807) is 0 Å². The maximum atomic E-state index is 14.2. The molecule has 3 N–H and O–H groups in total. The van der Waals surface area contributed by atoms with Gasteiger partial charge in [-0.25, -0.2) is 9.37 Å². The van der Waals surface area contributed by atoms with Gasteiger partial charge in [0.15, 0.2) is 5.13 Å². The van der Waals surface area contributed by atoms with Crippen molar-refractivity contribution in [1.29, 1.82) is 0 Å². The number of carbonyl (C=O) groups is 1. The summed E-state index contributed by atoms with van der Waals surface area (Å²) in [7, 11) is 2.08. The third-order valence-corrected chi connectivity index (χ3v) is 6.38. The third-order valence-electron chi connectivity index (χ3n) is 5.39. The molecular formula is C22H21F4N5OS. The predicted molar refractivity (Wildman–Crippen MR) is 121 cm³/mol. The number of aromatic nitrogens is 1. The maximum Gasteiger partial charge on any atom is 0.417 e. The highest BCUT2D eigenvalue weighted by Gasteiger charge is 2.38. The van der Waals surface area contributed by atoms with Gasteiger partial charge in [0, 0.05) is 37.6 Å². The first-order valence-electron chi connectivity index (χ1n) is 10.1. The molecule has 33 heavy (non-hydrogen) atoms. The van der Waals surface area contributed by atoms with E-state index < -0.39 is 28.9 Å². The van der Waals surface area contributed by atoms with E-state index in [-0.39, 0.29) is 15.8 Å². The molecule has 6 nitrogen and oxygen atoms in total. The molecule has 0 radical (unpaired) electrons. The van der Waals surface area contributed by atoms with E-state index in [2.05, 4.69) is 27.1 Å².